The van der Waals surface area contributed by atoms with E-state index in [-0.39, 0.29) is 29.9 Å². The van der Waals surface area contributed by atoms with Crippen molar-refractivity contribution in [1.29, 1.82) is 0 Å². The van der Waals surface area contributed by atoms with Gasteiger partial charge in [0.1, 0.15) is 0 Å². The first-order valence-electron chi connectivity index (χ1n) is 6.67. The molecule has 0 heterocycles. The highest BCUT2D eigenvalue weighted by Gasteiger charge is 2.08. The topological polar surface area (TPSA) is 70.7 Å². The van der Waals surface area contributed by atoms with Gasteiger partial charge < -0.3 is 16.0 Å². The Morgan fingerprint density at radius 2 is 1.95 bits per heavy atom. The van der Waals surface area contributed by atoms with Gasteiger partial charge in [0.2, 0.25) is 0 Å². The number of amides is 1. The second-order valence-electron chi connectivity index (χ2n) is 4.15. The van der Waals surface area contributed by atoms with E-state index in [1.165, 1.54) is 0 Å². The molecule has 0 fully saturated rings. The van der Waals surface area contributed by atoms with Gasteiger partial charge in [0.25, 0.3) is 5.91 Å². The van der Waals surface area contributed by atoms with Crippen molar-refractivity contribution in [2.24, 2.45) is 10.7 Å². The Morgan fingerprint density at radius 1 is 1.33 bits per heavy atom. The molecular formula is C14H22ClIN4O. The van der Waals surface area contributed by atoms with Gasteiger partial charge in [-0.2, -0.15) is 0 Å². The summed E-state index contributed by atoms with van der Waals surface area (Å²) in [6, 6.07) is 6.93. The van der Waals surface area contributed by atoms with Crippen LogP contribution in [0.3, 0.4) is 0 Å². The Morgan fingerprint density at radius 3 is 2.52 bits per heavy atom. The standard InChI is InChI=1S/C14H21ClN4O.HI/c1-3-19(4-2)14(16)18-10-9-17-13(20)11-7-5-6-8-12(11)15;/h5-8H,3-4,9-10H2,1-2H3,(H2,16,18)(H,17,20);1H. The van der Waals surface area contributed by atoms with Crippen molar-refractivity contribution in [3.63, 3.8) is 0 Å². The van der Waals surface area contributed by atoms with Crippen molar-refractivity contribution in [2.45, 2.75) is 13.8 Å². The van der Waals surface area contributed by atoms with Crippen LogP contribution in [0.4, 0.5) is 0 Å². The first-order valence-corrected chi connectivity index (χ1v) is 7.05. The zero-order chi connectivity index (χ0) is 15.0. The van der Waals surface area contributed by atoms with Crippen LogP contribution >= 0.6 is 35.6 Å². The van der Waals surface area contributed by atoms with E-state index in [2.05, 4.69) is 10.3 Å². The minimum atomic E-state index is -0.202. The molecule has 7 heteroatoms. The molecule has 118 valence electrons. The Kier molecular flexibility index (Phi) is 10.2. The summed E-state index contributed by atoms with van der Waals surface area (Å²) in [5.74, 6) is 0.300. The third-order valence-electron chi connectivity index (χ3n) is 2.88. The molecule has 21 heavy (non-hydrogen) atoms. The lowest BCUT2D eigenvalue weighted by atomic mass is 10.2. The van der Waals surface area contributed by atoms with Crippen LogP contribution in [0, 0.1) is 0 Å². The van der Waals surface area contributed by atoms with Crippen LogP contribution in [0.5, 0.6) is 0 Å². The molecule has 0 saturated heterocycles. The molecule has 0 radical (unpaired) electrons. The molecule has 0 aliphatic carbocycles. The van der Waals surface area contributed by atoms with Crippen LogP contribution in [-0.4, -0.2) is 42.9 Å². The van der Waals surface area contributed by atoms with E-state index in [9.17, 15) is 4.79 Å². The SMILES string of the molecule is CCN(CC)C(N)=NCCNC(=O)c1ccccc1Cl.I. The molecule has 0 unspecified atom stereocenters. The first-order chi connectivity index (χ1) is 9.60. The highest BCUT2D eigenvalue weighted by Crippen LogP contribution is 2.14. The van der Waals surface area contributed by atoms with Crippen molar-refractivity contribution in [3.8, 4) is 0 Å². The third kappa shape index (κ3) is 6.52. The normalized spacial score (nSPS) is 10.7. The molecule has 0 atom stereocenters. The van der Waals surface area contributed by atoms with Gasteiger partial charge >= 0.3 is 0 Å². The monoisotopic (exact) mass is 424 g/mol. The van der Waals surface area contributed by atoms with E-state index in [0.717, 1.165) is 13.1 Å². The van der Waals surface area contributed by atoms with Crippen molar-refractivity contribution in [1.82, 2.24) is 10.2 Å². The molecule has 0 saturated carbocycles. The summed E-state index contributed by atoms with van der Waals surface area (Å²) in [7, 11) is 0. The summed E-state index contributed by atoms with van der Waals surface area (Å²) in [5, 5.41) is 3.21. The molecule has 0 spiro atoms. The number of nitrogens with two attached hydrogens (primary N) is 1. The Balaban J connectivity index is 0.00000400. The second-order valence-corrected chi connectivity index (χ2v) is 4.56. The Hall–Kier alpha value is -1.02. The molecule has 1 amide bonds. The van der Waals surface area contributed by atoms with E-state index < -0.39 is 0 Å². The molecule has 1 aromatic carbocycles. The van der Waals surface area contributed by atoms with Gasteiger partial charge in [-0.1, -0.05) is 23.7 Å². The van der Waals surface area contributed by atoms with Gasteiger partial charge in [-0.25, -0.2) is 0 Å². The van der Waals surface area contributed by atoms with E-state index >= 15 is 0 Å². The lowest BCUT2D eigenvalue weighted by molar-refractivity contribution is 0.0955. The summed E-state index contributed by atoms with van der Waals surface area (Å²) in [4.78, 5) is 18.1. The predicted molar refractivity (Wildman–Crippen MR) is 98.6 cm³/mol. The predicted octanol–water partition coefficient (Wildman–Crippen LogP) is 2.34. The number of nitrogens with zero attached hydrogens (tertiary/aromatic N) is 2. The van der Waals surface area contributed by atoms with Crippen molar-refractivity contribution < 1.29 is 4.79 Å². The molecule has 0 aliphatic heterocycles. The van der Waals surface area contributed by atoms with Crippen molar-refractivity contribution >= 4 is 47.4 Å². The van der Waals surface area contributed by atoms with Gasteiger partial charge in [-0.05, 0) is 26.0 Å². The summed E-state index contributed by atoms with van der Waals surface area (Å²) in [6.45, 7) is 6.54. The number of aliphatic imine (C=N–C) groups is 1. The lowest BCUT2D eigenvalue weighted by Crippen LogP contribution is -2.37. The van der Waals surface area contributed by atoms with Gasteiger partial charge in [-0.15, -0.1) is 24.0 Å². The summed E-state index contributed by atoms with van der Waals surface area (Å²) in [6.07, 6.45) is 0. The van der Waals surface area contributed by atoms with E-state index in [0.29, 0.717) is 29.6 Å². The minimum Gasteiger partial charge on any atom is -0.370 e. The number of carbonyl (C=O) groups is 1. The van der Waals surface area contributed by atoms with Crippen molar-refractivity contribution in [3.05, 3.63) is 34.9 Å². The van der Waals surface area contributed by atoms with Crippen LogP contribution in [0.1, 0.15) is 24.2 Å². The fraction of sp³-hybridized carbons (Fsp3) is 0.429. The average molecular weight is 425 g/mol. The van der Waals surface area contributed by atoms with Gasteiger partial charge in [0.05, 0.1) is 17.1 Å². The van der Waals surface area contributed by atoms with Gasteiger partial charge in [0.15, 0.2) is 5.96 Å². The summed E-state index contributed by atoms with van der Waals surface area (Å²) < 4.78 is 0. The van der Waals surface area contributed by atoms with Crippen LogP contribution in [0.25, 0.3) is 0 Å². The van der Waals surface area contributed by atoms with Gasteiger partial charge in [0, 0.05) is 19.6 Å². The molecule has 0 bridgehead atoms. The smallest absolute Gasteiger partial charge is 0.252 e. The van der Waals surface area contributed by atoms with Crippen molar-refractivity contribution in [2.75, 3.05) is 26.2 Å². The molecule has 1 rings (SSSR count). The largest absolute Gasteiger partial charge is 0.370 e. The maximum atomic E-state index is 11.9. The summed E-state index contributed by atoms with van der Waals surface area (Å²) >= 11 is 5.95. The number of hydrogen-bond acceptors (Lipinski definition) is 2. The zero-order valence-electron chi connectivity index (χ0n) is 12.3. The number of halogens is 2. The molecule has 0 aromatic heterocycles. The van der Waals surface area contributed by atoms with Gasteiger partial charge in [-0.3, -0.25) is 9.79 Å². The van der Waals surface area contributed by atoms with Crippen LogP contribution < -0.4 is 11.1 Å². The lowest BCUT2D eigenvalue weighted by Gasteiger charge is -2.19. The molecule has 5 nitrogen and oxygen atoms in total. The number of nitrogens with one attached hydrogen (secondary N) is 1. The van der Waals surface area contributed by atoms with E-state index in [4.69, 9.17) is 17.3 Å². The zero-order valence-corrected chi connectivity index (χ0v) is 15.4. The number of hydrogen-bond donors (Lipinski definition) is 2. The molecular weight excluding hydrogens is 403 g/mol. The second kappa shape index (κ2) is 10.7. The van der Waals surface area contributed by atoms with Crippen LogP contribution in [0.2, 0.25) is 5.02 Å². The maximum absolute atomic E-state index is 11.9. The fourth-order valence-corrected chi connectivity index (χ4v) is 1.95. The number of rotatable bonds is 6. The first kappa shape index (κ1) is 20.0. The molecule has 0 aliphatic rings. The Bertz CT molecular complexity index is 478. The fourth-order valence-electron chi connectivity index (χ4n) is 1.73. The van der Waals surface area contributed by atoms with Crippen LogP contribution in [0.15, 0.2) is 29.3 Å². The Labute approximate surface area is 148 Å². The quantitative estimate of drug-likeness (QED) is 0.319. The summed E-state index contributed by atoms with van der Waals surface area (Å²) in [5.41, 5.74) is 6.30. The van der Waals surface area contributed by atoms with E-state index in [1.54, 1.807) is 24.3 Å². The van der Waals surface area contributed by atoms with Crippen LogP contribution in [-0.2, 0) is 0 Å². The van der Waals surface area contributed by atoms with E-state index in [1.807, 2.05) is 18.7 Å². The number of carbonyl (C=O) groups excluding carboxylic acids is 1. The average Bonchev–Trinajstić information content (AvgIpc) is 2.45. The maximum Gasteiger partial charge on any atom is 0.252 e. The molecule has 3 N–H and O–H groups in total. The highest BCUT2D eigenvalue weighted by molar-refractivity contribution is 14.0. The highest BCUT2D eigenvalue weighted by atomic mass is 127. The minimum absolute atomic E-state index is 0. The number of guanidine groups is 1. The number of benzene rings is 1. The third-order valence-corrected chi connectivity index (χ3v) is 3.21. The molecule has 1 aromatic rings.